The largest absolute Gasteiger partial charge is 0.214 e. The van der Waals surface area contributed by atoms with E-state index in [1.54, 1.807) is 25.2 Å². The fourth-order valence-electron chi connectivity index (χ4n) is 2.41. The Balaban J connectivity index is 1.74. The Morgan fingerprint density at radius 2 is 2.05 bits per heavy atom. The zero-order chi connectivity index (χ0) is 15.0. The number of nitrogens with one attached hydrogen (secondary N) is 1. The highest BCUT2D eigenvalue weighted by molar-refractivity contribution is 7.90. The molecule has 112 valence electrons. The van der Waals surface area contributed by atoms with Crippen molar-refractivity contribution in [2.45, 2.75) is 37.5 Å². The number of thiophene rings is 1. The third-order valence-corrected chi connectivity index (χ3v) is 6.64. The van der Waals surface area contributed by atoms with Crippen LogP contribution in [0.5, 0.6) is 0 Å². The molecule has 1 saturated carbocycles. The van der Waals surface area contributed by atoms with E-state index in [2.05, 4.69) is 40.4 Å². The summed E-state index contributed by atoms with van der Waals surface area (Å²) < 4.78 is 26.6. The highest BCUT2D eigenvalue weighted by Gasteiger charge is 2.41. The Labute approximate surface area is 130 Å². The van der Waals surface area contributed by atoms with Gasteiger partial charge in [-0.3, -0.25) is 0 Å². The van der Waals surface area contributed by atoms with Gasteiger partial charge in [0.25, 0.3) is 0 Å². The monoisotopic (exact) mass is 321 g/mol. The molecule has 3 rings (SSSR count). The van der Waals surface area contributed by atoms with Crippen LogP contribution in [0.2, 0.25) is 0 Å². The SMILES string of the molecule is CC(C)S(=O)(=O)NC1CC1c1cccc(-c2cccs2)c1. The third-order valence-electron chi connectivity index (χ3n) is 3.85. The zero-order valence-corrected chi connectivity index (χ0v) is 13.7. The van der Waals surface area contributed by atoms with Crippen molar-refractivity contribution in [1.29, 1.82) is 0 Å². The van der Waals surface area contributed by atoms with Crippen molar-refractivity contribution in [3.05, 3.63) is 47.3 Å². The van der Waals surface area contributed by atoms with Crippen molar-refractivity contribution in [2.75, 3.05) is 0 Å². The summed E-state index contributed by atoms with van der Waals surface area (Å²) in [6.45, 7) is 3.41. The van der Waals surface area contributed by atoms with Gasteiger partial charge in [0.05, 0.1) is 5.25 Å². The summed E-state index contributed by atoms with van der Waals surface area (Å²) in [5.74, 6) is 0.304. The molecule has 0 bridgehead atoms. The lowest BCUT2D eigenvalue weighted by atomic mass is 10.1. The Morgan fingerprint density at radius 3 is 2.71 bits per heavy atom. The Bertz CT molecular complexity index is 720. The maximum atomic E-state index is 11.9. The summed E-state index contributed by atoms with van der Waals surface area (Å²) in [7, 11) is -3.18. The van der Waals surface area contributed by atoms with E-state index in [1.807, 2.05) is 6.07 Å². The molecule has 2 atom stereocenters. The predicted octanol–water partition coefficient (Wildman–Crippen LogP) is 3.60. The second-order valence-corrected chi connectivity index (χ2v) is 8.98. The van der Waals surface area contributed by atoms with E-state index in [9.17, 15) is 8.42 Å². The lowest BCUT2D eigenvalue weighted by Gasteiger charge is -2.09. The highest BCUT2D eigenvalue weighted by Crippen LogP contribution is 2.42. The average molecular weight is 321 g/mol. The van der Waals surface area contributed by atoms with Gasteiger partial charge in [-0.05, 0) is 42.8 Å². The average Bonchev–Trinajstić information content (AvgIpc) is 2.99. The molecule has 1 fully saturated rings. The van der Waals surface area contributed by atoms with Crippen LogP contribution in [0.25, 0.3) is 10.4 Å². The van der Waals surface area contributed by atoms with E-state index in [1.165, 1.54) is 16.0 Å². The predicted molar refractivity (Wildman–Crippen MR) is 88.1 cm³/mol. The molecule has 21 heavy (non-hydrogen) atoms. The first-order valence-corrected chi connectivity index (χ1v) is 9.55. The Morgan fingerprint density at radius 1 is 1.24 bits per heavy atom. The van der Waals surface area contributed by atoms with Gasteiger partial charge >= 0.3 is 0 Å². The first-order valence-electron chi connectivity index (χ1n) is 7.12. The third kappa shape index (κ3) is 3.20. The summed E-state index contributed by atoms with van der Waals surface area (Å²) in [6.07, 6.45) is 0.889. The number of rotatable bonds is 5. The minimum absolute atomic E-state index is 0.0518. The molecular formula is C16H19NO2S2. The van der Waals surface area contributed by atoms with E-state index in [0.29, 0.717) is 5.92 Å². The van der Waals surface area contributed by atoms with Crippen LogP contribution in [0.15, 0.2) is 41.8 Å². The fraction of sp³-hybridized carbons (Fsp3) is 0.375. The molecule has 0 saturated heterocycles. The number of hydrogen-bond donors (Lipinski definition) is 1. The van der Waals surface area contributed by atoms with Crippen molar-refractivity contribution < 1.29 is 8.42 Å². The van der Waals surface area contributed by atoms with Gasteiger partial charge in [-0.2, -0.15) is 0 Å². The number of sulfonamides is 1. The van der Waals surface area contributed by atoms with Gasteiger partial charge < -0.3 is 0 Å². The lowest BCUT2D eigenvalue weighted by molar-refractivity contribution is 0.571. The number of benzene rings is 1. The molecule has 2 unspecified atom stereocenters. The Hall–Kier alpha value is -1.17. The molecule has 1 N–H and O–H groups in total. The Kier molecular flexibility index (Phi) is 3.90. The van der Waals surface area contributed by atoms with Gasteiger partial charge in [0.2, 0.25) is 10.0 Å². The summed E-state index contributed by atoms with van der Waals surface area (Å²) in [5.41, 5.74) is 2.43. The summed E-state index contributed by atoms with van der Waals surface area (Å²) in [6, 6.07) is 12.6. The van der Waals surface area contributed by atoms with E-state index < -0.39 is 10.0 Å². The molecule has 1 heterocycles. The molecular weight excluding hydrogens is 302 g/mol. The van der Waals surface area contributed by atoms with Gasteiger partial charge in [-0.25, -0.2) is 13.1 Å². The first kappa shape index (κ1) is 14.8. The van der Waals surface area contributed by atoms with Crippen molar-refractivity contribution >= 4 is 21.4 Å². The minimum atomic E-state index is -3.18. The van der Waals surface area contributed by atoms with Gasteiger partial charge in [-0.15, -0.1) is 11.3 Å². The maximum Gasteiger partial charge on any atom is 0.214 e. The second-order valence-electron chi connectivity index (χ2n) is 5.76. The van der Waals surface area contributed by atoms with Crippen LogP contribution in [-0.4, -0.2) is 19.7 Å². The quantitative estimate of drug-likeness (QED) is 0.914. The minimum Gasteiger partial charge on any atom is -0.212 e. The summed E-state index contributed by atoms with van der Waals surface area (Å²) in [4.78, 5) is 1.25. The summed E-state index contributed by atoms with van der Waals surface area (Å²) in [5, 5.41) is 1.69. The van der Waals surface area contributed by atoms with Crippen molar-refractivity contribution in [3.63, 3.8) is 0 Å². The molecule has 3 nitrogen and oxygen atoms in total. The van der Waals surface area contributed by atoms with E-state index >= 15 is 0 Å². The molecule has 1 aromatic carbocycles. The van der Waals surface area contributed by atoms with Crippen LogP contribution in [0.4, 0.5) is 0 Å². The molecule has 1 aromatic heterocycles. The van der Waals surface area contributed by atoms with Gasteiger partial charge in [0.15, 0.2) is 0 Å². The standard InChI is InChI=1S/C16H19NO2S2/c1-11(2)21(18,19)17-15-10-14(15)12-5-3-6-13(9-12)16-7-4-8-20-16/h3-9,11,14-15,17H,10H2,1-2H3. The molecule has 0 radical (unpaired) electrons. The van der Waals surface area contributed by atoms with Crippen molar-refractivity contribution in [3.8, 4) is 10.4 Å². The fourth-order valence-corrected chi connectivity index (χ4v) is 4.08. The van der Waals surface area contributed by atoms with Crippen LogP contribution in [-0.2, 0) is 10.0 Å². The smallest absolute Gasteiger partial charge is 0.212 e. The zero-order valence-electron chi connectivity index (χ0n) is 12.1. The second kappa shape index (κ2) is 5.55. The van der Waals surface area contributed by atoms with Crippen molar-refractivity contribution in [1.82, 2.24) is 4.72 Å². The van der Waals surface area contributed by atoms with Crippen LogP contribution in [0.1, 0.15) is 31.7 Å². The normalized spacial score (nSPS) is 21.7. The topological polar surface area (TPSA) is 46.2 Å². The highest BCUT2D eigenvalue weighted by atomic mass is 32.2. The summed E-state index contributed by atoms with van der Waals surface area (Å²) >= 11 is 1.72. The van der Waals surface area contributed by atoms with Crippen molar-refractivity contribution in [2.24, 2.45) is 0 Å². The molecule has 1 aliphatic carbocycles. The van der Waals surface area contributed by atoms with Crippen LogP contribution in [0.3, 0.4) is 0 Å². The van der Waals surface area contributed by atoms with E-state index in [4.69, 9.17) is 0 Å². The molecule has 1 aliphatic rings. The molecule has 0 spiro atoms. The van der Waals surface area contributed by atoms with E-state index in [0.717, 1.165) is 6.42 Å². The first-order chi connectivity index (χ1) is 9.97. The van der Waals surface area contributed by atoms with Gasteiger partial charge in [-0.1, -0.05) is 30.3 Å². The lowest BCUT2D eigenvalue weighted by Crippen LogP contribution is -2.33. The van der Waals surface area contributed by atoms with Crippen LogP contribution >= 0.6 is 11.3 Å². The molecule has 5 heteroatoms. The van der Waals surface area contributed by atoms with Crippen LogP contribution < -0.4 is 4.72 Å². The maximum absolute atomic E-state index is 11.9. The van der Waals surface area contributed by atoms with Gasteiger partial charge in [0, 0.05) is 16.8 Å². The number of hydrogen-bond acceptors (Lipinski definition) is 3. The molecule has 2 aromatic rings. The molecule has 0 amide bonds. The molecule has 0 aliphatic heterocycles. The van der Waals surface area contributed by atoms with E-state index in [-0.39, 0.29) is 11.3 Å². The van der Waals surface area contributed by atoms with Crippen LogP contribution in [0, 0.1) is 0 Å². The van der Waals surface area contributed by atoms with Gasteiger partial charge in [0.1, 0.15) is 0 Å².